The minimum Gasteiger partial charge on any atom is -0.497 e. The Morgan fingerprint density at radius 2 is 1.80 bits per heavy atom. The molecule has 2 heteroatoms. The van der Waals surface area contributed by atoms with Crippen molar-refractivity contribution in [2.75, 3.05) is 7.11 Å². The zero-order valence-electron chi connectivity index (χ0n) is 10.2. The topological polar surface area (TPSA) is 14.2 Å². The Kier molecular flexibility index (Phi) is 3.78. The molecule has 1 aromatic carbocycles. The third-order valence-corrected chi connectivity index (χ3v) is 2.49. The molecule has 82 valence electrons. The minimum atomic E-state index is 0.915. The summed E-state index contributed by atoms with van der Waals surface area (Å²) in [6.45, 7) is 6.10. The normalized spacial score (nSPS) is 9.67. The van der Waals surface area contributed by atoms with Crippen LogP contribution in [0.3, 0.4) is 0 Å². The van der Waals surface area contributed by atoms with Crippen molar-refractivity contribution in [3.05, 3.63) is 30.0 Å². The fourth-order valence-corrected chi connectivity index (χ4v) is 1.59. The van der Waals surface area contributed by atoms with Crippen LogP contribution in [0, 0.1) is 6.92 Å². The number of aryl methyl sites for hydroxylation is 2. The van der Waals surface area contributed by atoms with E-state index in [0.29, 0.717) is 0 Å². The smallest absolute Gasteiger partial charge is 0.119 e. The fraction of sp³-hybridized carbons (Fsp3) is 0.385. The number of ether oxygens (including phenoxy) is 1. The molecule has 0 N–H and O–H groups in total. The lowest BCUT2D eigenvalue weighted by Crippen LogP contribution is -1.89. The first-order valence-corrected chi connectivity index (χ1v) is 5.32. The Labute approximate surface area is 91.5 Å². The van der Waals surface area contributed by atoms with Gasteiger partial charge < -0.3 is 9.30 Å². The molecule has 0 amide bonds. The summed E-state index contributed by atoms with van der Waals surface area (Å²) >= 11 is 0. The van der Waals surface area contributed by atoms with Gasteiger partial charge in [0, 0.05) is 23.6 Å². The van der Waals surface area contributed by atoms with Crippen LogP contribution in [-0.4, -0.2) is 11.7 Å². The molecular weight excluding hydrogens is 186 g/mol. The average Bonchev–Trinajstić information content (AvgIpc) is 2.57. The highest BCUT2D eigenvalue weighted by atomic mass is 16.5. The van der Waals surface area contributed by atoms with Crippen LogP contribution in [-0.2, 0) is 7.05 Å². The molecule has 0 atom stereocenters. The van der Waals surface area contributed by atoms with Crippen molar-refractivity contribution < 1.29 is 4.74 Å². The molecule has 0 aliphatic heterocycles. The van der Waals surface area contributed by atoms with Gasteiger partial charge in [0.2, 0.25) is 0 Å². The van der Waals surface area contributed by atoms with Gasteiger partial charge in [0.05, 0.1) is 7.11 Å². The zero-order chi connectivity index (χ0) is 11.4. The van der Waals surface area contributed by atoms with E-state index in [1.54, 1.807) is 7.11 Å². The molecular formula is C13H19NO. The number of hydrogen-bond donors (Lipinski definition) is 0. The number of fused-ring (bicyclic) bond motifs is 1. The van der Waals surface area contributed by atoms with E-state index in [-0.39, 0.29) is 0 Å². The van der Waals surface area contributed by atoms with Crippen LogP contribution >= 0.6 is 0 Å². The molecule has 0 aliphatic carbocycles. The first-order valence-electron chi connectivity index (χ1n) is 5.32. The molecule has 0 saturated carbocycles. The summed E-state index contributed by atoms with van der Waals surface area (Å²) in [6.07, 6.45) is 0. The van der Waals surface area contributed by atoms with Crippen molar-refractivity contribution in [1.29, 1.82) is 0 Å². The largest absolute Gasteiger partial charge is 0.497 e. The van der Waals surface area contributed by atoms with E-state index in [0.717, 1.165) is 5.75 Å². The molecule has 2 nitrogen and oxygen atoms in total. The minimum absolute atomic E-state index is 0.915. The Balaban J connectivity index is 0.000000531. The maximum absolute atomic E-state index is 5.16. The first kappa shape index (κ1) is 11.6. The fourth-order valence-electron chi connectivity index (χ4n) is 1.59. The van der Waals surface area contributed by atoms with E-state index >= 15 is 0 Å². The van der Waals surface area contributed by atoms with Gasteiger partial charge in [-0.05, 0) is 31.2 Å². The molecule has 2 aromatic rings. The summed E-state index contributed by atoms with van der Waals surface area (Å²) in [5.41, 5.74) is 2.52. The van der Waals surface area contributed by atoms with Crippen molar-refractivity contribution in [2.45, 2.75) is 20.8 Å². The van der Waals surface area contributed by atoms with Gasteiger partial charge in [-0.2, -0.15) is 0 Å². The van der Waals surface area contributed by atoms with E-state index in [9.17, 15) is 0 Å². The Morgan fingerprint density at radius 3 is 2.40 bits per heavy atom. The maximum Gasteiger partial charge on any atom is 0.119 e. The molecule has 0 spiro atoms. The van der Waals surface area contributed by atoms with Gasteiger partial charge in [-0.15, -0.1) is 0 Å². The monoisotopic (exact) mass is 205 g/mol. The highest BCUT2D eigenvalue weighted by Gasteiger charge is 2.02. The number of rotatable bonds is 1. The van der Waals surface area contributed by atoms with Gasteiger partial charge in [0.25, 0.3) is 0 Å². The summed E-state index contributed by atoms with van der Waals surface area (Å²) in [5, 5.41) is 1.24. The molecule has 1 aromatic heterocycles. The SMILES string of the molecule is CC.COc1ccc2c(c1)cc(C)n2C. The van der Waals surface area contributed by atoms with Crippen molar-refractivity contribution in [2.24, 2.45) is 7.05 Å². The summed E-state index contributed by atoms with van der Waals surface area (Å²) in [5.74, 6) is 0.915. The molecule has 15 heavy (non-hydrogen) atoms. The summed E-state index contributed by atoms with van der Waals surface area (Å²) in [4.78, 5) is 0. The third kappa shape index (κ3) is 2.14. The predicted octanol–water partition coefficient (Wildman–Crippen LogP) is 3.52. The second-order valence-electron chi connectivity index (χ2n) is 3.27. The Morgan fingerprint density at radius 1 is 1.13 bits per heavy atom. The molecule has 0 radical (unpaired) electrons. The van der Waals surface area contributed by atoms with Crippen molar-refractivity contribution in [3.8, 4) is 5.75 Å². The first-order chi connectivity index (χ1) is 7.22. The molecule has 0 aliphatic rings. The maximum atomic E-state index is 5.16. The lowest BCUT2D eigenvalue weighted by molar-refractivity contribution is 0.415. The van der Waals surface area contributed by atoms with Crippen LogP contribution in [0.4, 0.5) is 0 Å². The second-order valence-corrected chi connectivity index (χ2v) is 3.27. The summed E-state index contributed by atoms with van der Waals surface area (Å²) < 4.78 is 7.34. The van der Waals surface area contributed by atoms with E-state index in [1.165, 1.54) is 16.6 Å². The van der Waals surface area contributed by atoms with Gasteiger partial charge in [0.15, 0.2) is 0 Å². The van der Waals surface area contributed by atoms with Gasteiger partial charge >= 0.3 is 0 Å². The quantitative estimate of drug-likeness (QED) is 0.694. The van der Waals surface area contributed by atoms with Crippen LogP contribution in [0.1, 0.15) is 19.5 Å². The second kappa shape index (κ2) is 4.87. The van der Waals surface area contributed by atoms with Gasteiger partial charge in [0.1, 0.15) is 5.75 Å². The van der Waals surface area contributed by atoms with Crippen molar-refractivity contribution in [1.82, 2.24) is 4.57 Å². The van der Waals surface area contributed by atoms with Crippen LogP contribution < -0.4 is 4.74 Å². The van der Waals surface area contributed by atoms with E-state index in [1.807, 2.05) is 19.9 Å². The standard InChI is InChI=1S/C11H13NO.C2H6/c1-8-6-9-7-10(13-3)4-5-11(9)12(8)2;1-2/h4-7H,1-3H3;1-2H3. The van der Waals surface area contributed by atoms with Gasteiger partial charge in [-0.3, -0.25) is 0 Å². The predicted molar refractivity (Wildman–Crippen MR) is 65.6 cm³/mol. The Hall–Kier alpha value is -1.44. The highest BCUT2D eigenvalue weighted by molar-refractivity contribution is 5.82. The van der Waals surface area contributed by atoms with Gasteiger partial charge in [-0.25, -0.2) is 0 Å². The van der Waals surface area contributed by atoms with Crippen LogP contribution in [0.2, 0.25) is 0 Å². The van der Waals surface area contributed by atoms with Crippen molar-refractivity contribution >= 4 is 10.9 Å². The number of methoxy groups -OCH3 is 1. The number of benzene rings is 1. The van der Waals surface area contributed by atoms with E-state index in [2.05, 4.69) is 36.7 Å². The molecule has 0 unspecified atom stereocenters. The summed E-state index contributed by atoms with van der Waals surface area (Å²) in [7, 11) is 3.76. The number of hydrogen-bond acceptors (Lipinski definition) is 1. The zero-order valence-corrected chi connectivity index (χ0v) is 10.2. The van der Waals surface area contributed by atoms with Crippen LogP contribution in [0.5, 0.6) is 5.75 Å². The van der Waals surface area contributed by atoms with Crippen LogP contribution in [0.25, 0.3) is 10.9 Å². The Bertz CT molecular complexity index is 443. The molecule has 0 bridgehead atoms. The number of nitrogens with zero attached hydrogens (tertiary/aromatic N) is 1. The van der Waals surface area contributed by atoms with Crippen molar-refractivity contribution in [3.63, 3.8) is 0 Å². The highest BCUT2D eigenvalue weighted by Crippen LogP contribution is 2.22. The lowest BCUT2D eigenvalue weighted by Gasteiger charge is -2.00. The van der Waals surface area contributed by atoms with Crippen LogP contribution in [0.15, 0.2) is 24.3 Å². The number of aromatic nitrogens is 1. The van der Waals surface area contributed by atoms with E-state index in [4.69, 9.17) is 4.74 Å². The molecule has 0 fully saturated rings. The summed E-state index contributed by atoms with van der Waals surface area (Å²) in [6, 6.07) is 8.29. The average molecular weight is 205 g/mol. The molecule has 1 heterocycles. The van der Waals surface area contributed by atoms with Gasteiger partial charge in [-0.1, -0.05) is 13.8 Å². The third-order valence-electron chi connectivity index (χ3n) is 2.49. The molecule has 2 rings (SSSR count). The lowest BCUT2D eigenvalue weighted by atomic mass is 10.2. The molecule has 0 saturated heterocycles. The van der Waals surface area contributed by atoms with E-state index < -0.39 is 0 Å².